The number of aliphatic hydroxyl groups is 1. The molecule has 0 saturated carbocycles. The van der Waals surface area contributed by atoms with Gasteiger partial charge in [-0.05, 0) is 40.2 Å². The van der Waals surface area contributed by atoms with Crippen molar-refractivity contribution < 1.29 is 5.11 Å². The third-order valence-electron chi connectivity index (χ3n) is 3.11. The van der Waals surface area contributed by atoms with Crippen molar-refractivity contribution in [3.05, 3.63) is 35.9 Å². The Hall–Kier alpha value is -0.860. The van der Waals surface area contributed by atoms with Crippen LogP contribution >= 0.6 is 0 Å². The molecular weight excluding hydrogens is 210 g/mol. The minimum Gasteiger partial charge on any atom is -0.391 e. The first-order valence-electron chi connectivity index (χ1n) is 6.45. The Morgan fingerprint density at radius 3 is 1.71 bits per heavy atom. The number of aliphatic hydroxyl groups excluding tert-OH is 1. The second kappa shape index (κ2) is 6.18. The summed E-state index contributed by atoms with van der Waals surface area (Å²) in [5, 5.41) is 10.1. The summed E-state index contributed by atoms with van der Waals surface area (Å²) in [7, 11) is 0. The molecule has 0 fully saturated rings. The zero-order valence-corrected chi connectivity index (χ0v) is 11.6. The lowest BCUT2D eigenvalue weighted by Crippen LogP contribution is -2.44. The lowest BCUT2D eigenvalue weighted by atomic mass is 9.97. The van der Waals surface area contributed by atoms with Gasteiger partial charge >= 0.3 is 0 Å². The molecule has 2 atom stereocenters. The Morgan fingerprint density at radius 2 is 1.35 bits per heavy atom. The molecule has 0 spiro atoms. The van der Waals surface area contributed by atoms with Crippen molar-refractivity contribution in [3.63, 3.8) is 0 Å². The van der Waals surface area contributed by atoms with Crippen LogP contribution in [-0.4, -0.2) is 28.2 Å². The molecule has 0 aliphatic rings. The summed E-state index contributed by atoms with van der Waals surface area (Å²) < 4.78 is 0. The molecule has 0 aromatic heterocycles. The summed E-state index contributed by atoms with van der Waals surface area (Å²) in [6.45, 7) is 10.6. The second-order valence-electron chi connectivity index (χ2n) is 5.23. The lowest BCUT2D eigenvalue weighted by Gasteiger charge is -2.40. The van der Waals surface area contributed by atoms with Crippen LogP contribution in [0.2, 0.25) is 0 Å². The summed E-state index contributed by atoms with van der Waals surface area (Å²) in [5.41, 5.74) is 1.19. The third kappa shape index (κ3) is 3.55. The fraction of sp³-hybridized carbons (Fsp3) is 0.600. The fourth-order valence-electron chi connectivity index (χ4n) is 2.59. The largest absolute Gasteiger partial charge is 0.391 e. The van der Waals surface area contributed by atoms with Gasteiger partial charge in [0.2, 0.25) is 0 Å². The Bertz CT molecular complexity index is 311. The van der Waals surface area contributed by atoms with E-state index in [9.17, 15) is 5.11 Å². The average molecular weight is 235 g/mol. The maximum absolute atomic E-state index is 10.1. The minimum absolute atomic E-state index is 0.0659. The van der Waals surface area contributed by atoms with Crippen molar-refractivity contribution >= 4 is 0 Å². The smallest absolute Gasteiger partial charge is 0.0709 e. The second-order valence-corrected chi connectivity index (χ2v) is 5.23. The van der Waals surface area contributed by atoms with E-state index in [1.807, 2.05) is 25.1 Å². The molecule has 17 heavy (non-hydrogen) atoms. The maximum Gasteiger partial charge on any atom is 0.0709 e. The zero-order chi connectivity index (χ0) is 13.0. The van der Waals surface area contributed by atoms with Crippen LogP contribution < -0.4 is 0 Å². The molecule has 0 radical (unpaired) electrons. The van der Waals surface area contributed by atoms with E-state index in [1.54, 1.807) is 0 Å². The van der Waals surface area contributed by atoms with Crippen LogP contribution in [0, 0.1) is 0 Å². The van der Waals surface area contributed by atoms with Gasteiger partial charge in [0.25, 0.3) is 0 Å². The Morgan fingerprint density at radius 1 is 0.882 bits per heavy atom. The number of hydrogen-bond donors (Lipinski definition) is 1. The first-order valence-corrected chi connectivity index (χ1v) is 6.45. The summed E-state index contributed by atoms with van der Waals surface area (Å²) >= 11 is 0. The van der Waals surface area contributed by atoms with Crippen LogP contribution in [0.15, 0.2) is 30.3 Å². The Kier molecular flexibility index (Phi) is 5.16. The van der Waals surface area contributed by atoms with Crippen molar-refractivity contribution in [3.8, 4) is 0 Å². The molecule has 96 valence electrons. The zero-order valence-electron chi connectivity index (χ0n) is 11.6. The molecule has 2 heteroatoms. The van der Waals surface area contributed by atoms with E-state index in [1.165, 1.54) is 5.56 Å². The number of benzene rings is 1. The molecule has 1 aromatic carbocycles. The van der Waals surface area contributed by atoms with Crippen molar-refractivity contribution in [2.45, 2.75) is 58.8 Å². The van der Waals surface area contributed by atoms with E-state index in [2.05, 4.69) is 44.7 Å². The highest BCUT2D eigenvalue weighted by atomic mass is 16.3. The minimum atomic E-state index is -0.373. The van der Waals surface area contributed by atoms with Gasteiger partial charge in [-0.3, -0.25) is 4.90 Å². The summed E-state index contributed by atoms with van der Waals surface area (Å²) in [6.07, 6.45) is -0.373. The predicted molar refractivity (Wildman–Crippen MR) is 73.0 cm³/mol. The molecular formula is C15H25NO. The van der Waals surface area contributed by atoms with Gasteiger partial charge in [-0.1, -0.05) is 30.3 Å². The Labute approximate surface area is 105 Å². The molecule has 0 heterocycles. The van der Waals surface area contributed by atoms with Crippen LogP contribution in [-0.2, 0) is 0 Å². The molecule has 1 N–H and O–H groups in total. The van der Waals surface area contributed by atoms with E-state index >= 15 is 0 Å². The van der Waals surface area contributed by atoms with E-state index in [4.69, 9.17) is 0 Å². The standard InChI is InChI=1S/C15H25NO/c1-11(2)16(12(3)4)15(13(5)17)14-9-7-6-8-10-14/h6-13,15,17H,1-5H3/t13-,15+/m1/s1. The van der Waals surface area contributed by atoms with Gasteiger partial charge in [0.05, 0.1) is 12.1 Å². The molecule has 0 saturated heterocycles. The number of hydrogen-bond acceptors (Lipinski definition) is 2. The van der Waals surface area contributed by atoms with E-state index < -0.39 is 0 Å². The highest BCUT2D eigenvalue weighted by Crippen LogP contribution is 2.28. The fourth-order valence-corrected chi connectivity index (χ4v) is 2.59. The molecule has 0 aliphatic carbocycles. The van der Waals surface area contributed by atoms with Gasteiger partial charge < -0.3 is 5.11 Å². The van der Waals surface area contributed by atoms with E-state index in [-0.39, 0.29) is 12.1 Å². The van der Waals surface area contributed by atoms with Crippen molar-refractivity contribution in [1.82, 2.24) is 4.90 Å². The third-order valence-corrected chi connectivity index (χ3v) is 3.11. The van der Waals surface area contributed by atoms with E-state index in [0.29, 0.717) is 12.1 Å². The number of nitrogens with zero attached hydrogens (tertiary/aromatic N) is 1. The van der Waals surface area contributed by atoms with Crippen LogP contribution in [0.5, 0.6) is 0 Å². The lowest BCUT2D eigenvalue weighted by molar-refractivity contribution is 0.0204. The monoisotopic (exact) mass is 235 g/mol. The normalized spacial score (nSPS) is 15.6. The van der Waals surface area contributed by atoms with Gasteiger partial charge in [-0.2, -0.15) is 0 Å². The predicted octanol–water partition coefficient (Wildman–Crippen LogP) is 3.23. The molecule has 0 aliphatic heterocycles. The van der Waals surface area contributed by atoms with Gasteiger partial charge in [0.15, 0.2) is 0 Å². The maximum atomic E-state index is 10.1. The van der Waals surface area contributed by atoms with Gasteiger partial charge in [0.1, 0.15) is 0 Å². The summed E-state index contributed by atoms with van der Waals surface area (Å²) in [5.74, 6) is 0. The molecule has 0 bridgehead atoms. The van der Waals surface area contributed by atoms with Gasteiger partial charge in [-0.25, -0.2) is 0 Å². The number of rotatable bonds is 5. The quantitative estimate of drug-likeness (QED) is 0.847. The first-order chi connectivity index (χ1) is 7.95. The van der Waals surface area contributed by atoms with Crippen molar-refractivity contribution in [1.29, 1.82) is 0 Å². The Balaban J connectivity index is 3.08. The summed E-state index contributed by atoms with van der Waals surface area (Å²) in [4.78, 5) is 2.36. The van der Waals surface area contributed by atoms with E-state index in [0.717, 1.165) is 0 Å². The molecule has 1 aromatic rings. The topological polar surface area (TPSA) is 23.5 Å². The first kappa shape index (κ1) is 14.2. The molecule has 2 nitrogen and oxygen atoms in total. The van der Waals surface area contributed by atoms with Crippen LogP contribution in [0.1, 0.15) is 46.2 Å². The van der Waals surface area contributed by atoms with Gasteiger partial charge in [0, 0.05) is 12.1 Å². The van der Waals surface area contributed by atoms with Crippen molar-refractivity contribution in [2.24, 2.45) is 0 Å². The molecule has 0 unspecified atom stereocenters. The van der Waals surface area contributed by atoms with Crippen molar-refractivity contribution in [2.75, 3.05) is 0 Å². The average Bonchev–Trinajstić information content (AvgIpc) is 2.25. The SMILES string of the molecule is CC(C)N(C(C)C)[C@H](c1ccccc1)[C@@H](C)O. The summed E-state index contributed by atoms with van der Waals surface area (Å²) in [6, 6.07) is 11.1. The molecule has 1 rings (SSSR count). The van der Waals surface area contributed by atoms with Crippen LogP contribution in [0.3, 0.4) is 0 Å². The highest BCUT2D eigenvalue weighted by Gasteiger charge is 2.28. The van der Waals surface area contributed by atoms with Gasteiger partial charge in [-0.15, -0.1) is 0 Å². The van der Waals surface area contributed by atoms with Crippen LogP contribution in [0.4, 0.5) is 0 Å². The highest BCUT2D eigenvalue weighted by molar-refractivity contribution is 5.20. The van der Waals surface area contributed by atoms with Crippen LogP contribution in [0.25, 0.3) is 0 Å². The molecule has 0 amide bonds.